The highest BCUT2D eigenvalue weighted by Gasteiger charge is 2.00. The smallest absolute Gasteiger partial charge is 0.219 e. The highest BCUT2D eigenvalue weighted by atomic mass is 35.5. The molecule has 0 fully saturated rings. The molecular weight excluding hydrogens is 333 g/mol. The number of carbonyl (C=O) groups is 1. The van der Waals surface area contributed by atoms with E-state index >= 15 is 0 Å². The Kier molecular flexibility index (Phi) is 26.6. The molecule has 0 unspecified atom stereocenters. The van der Waals surface area contributed by atoms with Crippen LogP contribution in [0.25, 0.3) is 0 Å². The molecule has 0 saturated heterocycles. The lowest BCUT2D eigenvalue weighted by Crippen LogP contribution is -2.26. The van der Waals surface area contributed by atoms with Crippen LogP contribution in [0.5, 0.6) is 0 Å². The SMILES string of the molecule is CN(C)CCCNC(=O)CCCCCCCCCCCN.Cl.Cl. The highest BCUT2D eigenvalue weighted by Crippen LogP contribution is 2.10. The first-order valence-electron chi connectivity index (χ1n) is 8.78. The number of rotatable bonds is 15. The maximum atomic E-state index is 11.6. The molecule has 0 saturated carbocycles. The molecule has 23 heavy (non-hydrogen) atoms. The molecule has 4 nitrogen and oxygen atoms in total. The largest absolute Gasteiger partial charge is 0.356 e. The second-order valence-corrected chi connectivity index (χ2v) is 6.23. The summed E-state index contributed by atoms with van der Waals surface area (Å²) >= 11 is 0. The number of hydrogen-bond acceptors (Lipinski definition) is 3. The maximum absolute atomic E-state index is 11.6. The van der Waals surface area contributed by atoms with E-state index in [0.717, 1.165) is 32.5 Å². The van der Waals surface area contributed by atoms with Gasteiger partial charge < -0.3 is 16.0 Å². The zero-order valence-electron chi connectivity index (χ0n) is 15.1. The van der Waals surface area contributed by atoms with Crippen molar-refractivity contribution in [2.24, 2.45) is 5.73 Å². The van der Waals surface area contributed by atoms with Gasteiger partial charge in [0.15, 0.2) is 0 Å². The van der Waals surface area contributed by atoms with Gasteiger partial charge >= 0.3 is 0 Å². The van der Waals surface area contributed by atoms with Gasteiger partial charge in [0.2, 0.25) is 5.91 Å². The number of carbonyl (C=O) groups excluding carboxylic acids is 1. The third-order valence-corrected chi connectivity index (χ3v) is 3.71. The summed E-state index contributed by atoms with van der Waals surface area (Å²) in [7, 11) is 4.11. The number of halogens is 2. The number of nitrogens with zero attached hydrogens (tertiary/aromatic N) is 1. The van der Waals surface area contributed by atoms with Crippen molar-refractivity contribution in [3.05, 3.63) is 0 Å². The number of hydrogen-bond donors (Lipinski definition) is 2. The van der Waals surface area contributed by atoms with Crippen molar-refractivity contribution in [2.45, 2.75) is 70.6 Å². The molecule has 0 aromatic heterocycles. The van der Waals surface area contributed by atoms with Crippen LogP contribution in [0.3, 0.4) is 0 Å². The molecule has 0 aliphatic heterocycles. The fourth-order valence-corrected chi connectivity index (χ4v) is 2.38. The fraction of sp³-hybridized carbons (Fsp3) is 0.941. The van der Waals surface area contributed by atoms with Crippen LogP contribution in [-0.2, 0) is 4.79 Å². The first kappa shape index (κ1) is 27.8. The minimum atomic E-state index is 0. The molecule has 142 valence electrons. The van der Waals surface area contributed by atoms with E-state index in [-0.39, 0.29) is 30.7 Å². The van der Waals surface area contributed by atoms with Gasteiger partial charge in [-0.3, -0.25) is 4.79 Å². The minimum Gasteiger partial charge on any atom is -0.356 e. The van der Waals surface area contributed by atoms with Crippen LogP contribution < -0.4 is 11.1 Å². The summed E-state index contributed by atoms with van der Waals surface area (Å²) in [6.45, 7) is 2.67. The fourth-order valence-electron chi connectivity index (χ4n) is 2.38. The summed E-state index contributed by atoms with van der Waals surface area (Å²) in [5.41, 5.74) is 5.47. The van der Waals surface area contributed by atoms with Crippen molar-refractivity contribution in [3.8, 4) is 0 Å². The predicted octanol–water partition coefficient (Wildman–Crippen LogP) is 3.76. The Bertz CT molecular complexity index is 242. The molecule has 0 aliphatic carbocycles. The molecule has 0 aromatic rings. The summed E-state index contributed by atoms with van der Waals surface area (Å²) in [6, 6.07) is 0. The summed E-state index contributed by atoms with van der Waals surface area (Å²) in [6.07, 6.45) is 13.0. The number of amides is 1. The van der Waals surface area contributed by atoms with Gasteiger partial charge in [-0.2, -0.15) is 0 Å². The first-order valence-corrected chi connectivity index (χ1v) is 8.78. The van der Waals surface area contributed by atoms with Crippen LogP contribution in [0.4, 0.5) is 0 Å². The zero-order chi connectivity index (χ0) is 15.8. The van der Waals surface area contributed by atoms with Crippen molar-refractivity contribution in [1.29, 1.82) is 0 Å². The Morgan fingerprint density at radius 3 is 1.78 bits per heavy atom. The lowest BCUT2D eigenvalue weighted by Gasteiger charge is -2.09. The monoisotopic (exact) mass is 371 g/mol. The number of nitrogens with two attached hydrogens (primary N) is 1. The predicted molar refractivity (Wildman–Crippen MR) is 106 cm³/mol. The third kappa shape index (κ3) is 24.3. The highest BCUT2D eigenvalue weighted by molar-refractivity contribution is 5.85. The van der Waals surface area contributed by atoms with Crippen molar-refractivity contribution < 1.29 is 4.79 Å². The molecular formula is C17H39Cl2N3O. The van der Waals surface area contributed by atoms with Gasteiger partial charge in [0, 0.05) is 13.0 Å². The van der Waals surface area contributed by atoms with Crippen LogP contribution in [0.2, 0.25) is 0 Å². The van der Waals surface area contributed by atoms with E-state index in [2.05, 4.69) is 24.3 Å². The van der Waals surface area contributed by atoms with Gasteiger partial charge in [-0.1, -0.05) is 44.9 Å². The van der Waals surface area contributed by atoms with Crippen LogP contribution in [-0.4, -0.2) is 44.5 Å². The summed E-state index contributed by atoms with van der Waals surface area (Å²) < 4.78 is 0. The average molecular weight is 372 g/mol. The Hall–Kier alpha value is -0.0300. The lowest BCUT2D eigenvalue weighted by atomic mass is 10.1. The second-order valence-electron chi connectivity index (χ2n) is 6.23. The van der Waals surface area contributed by atoms with Gasteiger partial charge in [0.1, 0.15) is 0 Å². The summed E-state index contributed by atoms with van der Waals surface area (Å²) in [5.74, 6) is 0.218. The standard InChI is InChI=1S/C17H37N3O.2ClH/c1-20(2)16-12-15-19-17(21)13-10-8-6-4-3-5-7-9-11-14-18;;/h3-16,18H2,1-2H3,(H,19,21);2*1H. The van der Waals surface area contributed by atoms with Crippen LogP contribution >= 0.6 is 24.8 Å². The number of unbranched alkanes of at least 4 members (excludes halogenated alkanes) is 8. The van der Waals surface area contributed by atoms with Gasteiger partial charge in [0.25, 0.3) is 0 Å². The molecule has 0 atom stereocenters. The van der Waals surface area contributed by atoms with Crippen molar-refractivity contribution in [2.75, 3.05) is 33.7 Å². The summed E-state index contributed by atoms with van der Waals surface area (Å²) in [4.78, 5) is 13.7. The molecule has 0 spiro atoms. The van der Waals surface area contributed by atoms with Crippen LogP contribution in [0, 0.1) is 0 Å². The van der Waals surface area contributed by atoms with Crippen LogP contribution in [0.15, 0.2) is 0 Å². The van der Waals surface area contributed by atoms with Crippen molar-refractivity contribution in [3.63, 3.8) is 0 Å². The van der Waals surface area contributed by atoms with E-state index in [1.54, 1.807) is 0 Å². The minimum absolute atomic E-state index is 0. The maximum Gasteiger partial charge on any atom is 0.219 e. The van der Waals surface area contributed by atoms with E-state index in [0.29, 0.717) is 6.42 Å². The molecule has 0 bridgehead atoms. The molecule has 0 aliphatic rings. The Balaban J connectivity index is -0.00000200. The normalized spacial score (nSPS) is 10.1. The average Bonchev–Trinajstić information content (AvgIpc) is 2.45. The van der Waals surface area contributed by atoms with E-state index in [4.69, 9.17) is 5.73 Å². The second kappa shape index (κ2) is 22.0. The van der Waals surface area contributed by atoms with E-state index in [9.17, 15) is 4.79 Å². The molecule has 6 heteroatoms. The van der Waals surface area contributed by atoms with Crippen molar-refractivity contribution >= 4 is 30.7 Å². The van der Waals surface area contributed by atoms with Gasteiger partial charge in [-0.05, 0) is 46.4 Å². The van der Waals surface area contributed by atoms with Crippen LogP contribution in [0.1, 0.15) is 70.6 Å². The van der Waals surface area contributed by atoms with Crippen molar-refractivity contribution in [1.82, 2.24) is 10.2 Å². The Labute approximate surface area is 156 Å². The van der Waals surface area contributed by atoms with Gasteiger partial charge in [-0.25, -0.2) is 0 Å². The van der Waals surface area contributed by atoms with E-state index in [1.165, 1.54) is 51.4 Å². The molecule has 3 N–H and O–H groups in total. The van der Waals surface area contributed by atoms with E-state index < -0.39 is 0 Å². The quantitative estimate of drug-likeness (QED) is 0.431. The van der Waals surface area contributed by atoms with Gasteiger partial charge in [0.05, 0.1) is 0 Å². The third-order valence-electron chi connectivity index (χ3n) is 3.71. The Morgan fingerprint density at radius 1 is 0.826 bits per heavy atom. The molecule has 0 aromatic carbocycles. The van der Waals surface area contributed by atoms with Gasteiger partial charge in [-0.15, -0.1) is 24.8 Å². The Morgan fingerprint density at radius 2 is 1.30 bits per heavy atom. The first-order chi connectivity index (χ1) is 10.2. The summed E-state index contributed by atoms with van der Waals surface area (Å²) in [5, 5.41) is 2.99. The topological polar surface area (TPSA) is 58.4 Å². The molecule has 0 radical (unpaired) electrons. The van der Waals surface area contributed by atoms with E-state index in [1.807, 2.05) is 0 Å². The molecule has 0 rings (SSSR count). The number of nitrogens with one attached hydrogen (secondary N) is 1. The molecule has 0 heterocycles. The zero-order valence-corrected chi connectivity index (χ0v) is 16.8. The molecule has 1 amide bonds. The lowest BCUT2D eigenvalue weighted by molar-refractivity contribution is -0.121.